The Hall–Kier alpha value is -1.30. The molecule has 0 aromatic carbocycles. The third-order valence-corrected chi connectivity index (χ3v) is 2.28. The van der Waals surface area contributed by atoms with Crippen LogP contribution in [0.15, 0.2) is 0 Å². The van der Waals surface area contributed by atoms with Gasteiger partial charge in [-0.15, -0.1) is 0 Å². The van der Waals surface area contributed by atoms with Crippen molar-refractivity contribution in [3.05, 3.63) is 0 Å². The molecule has 0 aliphatic rings. The van der Waals surface area contributed by atoms with E-state index in [9.17, 15) is 9.59 Å². The summed E-state index contributed by atoms with van der Waals surface area (Å²) in [7, 11) is 1.71. The minimum Gasteiger partial charge on any atom is -0.481 e. The Labute approximate surface area is 108 Å². The number of aliphatic carboxylic acids is 1. The third kappa shape index (κ3) is 9.89. The molecular formula is C12H24N2O4. The first-order valence-corrected chi connectivity index (χ1v) is 6.26. The maximum Gasteiger partial charge on any atom is 0.317 e. The molecule has 2 amide bonds. The van der Waals surface area contributed by atoms with Crippen molar-refractivity contribution in [3.63, 3.8) is 0 Å². The number of hydrogen-bond donors (Lipinski definition) is 2. The molecule has 0 rings (SSSR count). The molecule has 18 heavy (non-hydrogen) atoms. The van der Waals surface area contributed by atoms with E-state index in [1.807, 2.05) is 13.8 Å². The highest BCUT2D eigenvalue weighted by molar-refractivity contribution is 5.73. The predicted molar refractivity (Wildman–Crippen MR) is 68.6 cm³/mol. The summed E-state index contributed by atoms with van der Waals surface area (Å²) in [5.41, 5.74) is 0. The lowest BCUT2D eigenvalue weighted by Crippen LogP contribution is -2.38. The molecule has 0 aliphatic carbocycles. The molecule has 2 N–H and O–H groups in total. The molecule has 0 aliphatic heterocycles. The summed E-state index contributed by atoms with van der Waals surface area (Å²) in [5.74, 6) is -0.844. The lowest BCUT2D eigenvalue weighted by atomic mass is 10.3. The summed E-state index contributed by atoms with van der Waals surface area (Å²) in [6, 6.07) is -0.176. The van der Waals surface area contributed by atoms with Gasteiger partial charge >= 0.3 is 12.0 Å². The molecule has 0 spiro atoms. The second kappa shape index (κ2) is 9.70. The van der Waals surface area contributed by atoms with Crippen LogP contribution in [0, 0.1) is 0 Å². The van der Waals surface area contributed by atoms with Gasteiger partial charge in [-0.3, -0.25) is 4.79 Å². The highest BCUT2D eigenvalue weighted by Gasteiger charge is 2.07. The Morgan fingerprint density at radius 1 is 1.33 bits per heavy atom. The molecule has 0 heterocycles. The van der Waals surface area contributed by atoms with Crippen LogP contribution in [0.5, 0.6) is 0 Å². The van der Waals surface area contributed by atoms with Crippen LogP contribution in [-0.4, -0.2) is 54.9 Å². The number of carboxylic acid groups (broad SMARTS) is 1. The van der Waals surface area contributed by atoms with E-state index >= 15 is 0 Å². The van der Waals surface area contributed by atoms with E-state index < -0.39 is 5.97 Å². The number of carboxylic acids is 1. The largest absolute Gasteiger partial charge is 0.481 e. The number of nitrogens with one attached hydrogen (secondary N) is 1. The first-order chi connectivity index (χ1) is 8.43. The van der Waals surface area contributed by atoms with Gasteiger partial charge in [0.05, 0.1) is 6.10 Å². The lowest BCUT2D eigenvalue weighted by molar-refractivity contribution is -0.137. The molecule has 6 heteroatoms. The Kier molecular flexibility index (Phi) is 9.00. The van der Waals surface area contributed by atoms with Crippen molar-refractivity contribution in [1.29, 1.82) is 0 Å². The van der Waals surface area contributed by atoms with Crippen LogP contribution in [0.3, 0.4) is 0 Å². The summed E-state index contributed by atoms with van der Waals surface area (Å²) in [6.45, 7) is 5.58. The number of urea groups is 1. The van der Waals surface area contributed by atoms with E-state index in [2.05, 4.69) is 5.32 Å². The summed E-state index contributed by atoms with van der Waals surface area (Å²) >= 11 is 0. The fourth-order valence-corrected chi connectivity index (χ4v) is 1.29. The number of hydrogen-bond acceptors (Lipinski definition) is 3. The normalized spacial score (nSPS) is 10.4. The van der Waals surface area contributed by atoms with Crippen LogP contribution >= 0.6 is 0 Å². The van der Waals surface area contributed by atoms with Crippen molar-refractivity contribution < 1.29 is 19.4 Å². The maximum absolute atomic E-state index is 11.5. The van der Waals surface area contributed by atoms with Gasteiger partial charge in [-0.2, -0.15) is 0 Å². The minimum atomic E-state index is -0.844. The average molecular weight is 260 g/mol. The smallest absolute Gasteiger partial charge is 0.317 e. The molecule has 0 saturated carbocycles. The van der Waals surface area contributed by atoms with E-state index in [-0.39, 0.29) is 18.6 Å². The molecule has 0 atom stereocenters. The van der Waals surface area contributed by atoms with Gasteiger partial charge in [0, 0.05) is 33.2 Å². The summed E-state index contributed by atoms with van der Waals surface area (Å²) in [4.78, 5) is 23.4. The van der Waals surface area contributed by atoms with Crippen molar-refractivity contribution in [2.24, 2.45) is 0 Å². The Morgan fingerprint density at radius 3 is 2.56 bits per heavy atom. The highest BCUT2D eigenvalue weighted by atomic mass is 16.5. The predicted octanol–water partition coefficient (Wildman–Crippen LogP) is 1.31. The van der Waals surface area contributed by atoms with Gasteiger partial charge in [-0.05, 0) is 26.7 Å². The Bertz CT molecular complexity index is 256. The molecular weight excluding hydrogens is 236 g/mol. The highest BCUT2D eigenvalue weighted by Crippen LogP contribution is 1.94. The maximum atomic E-state index is 11.5. The van der Waals surface area contributed by atoms with E-state index in [0.717, 1.165) is 6.42 Å². The van der Waals surface area contributed by atoms with Crippen LogP contribution in [0.4, 0.5) is 4.79 Å². The van der Waals surface area contributed by atoms with Gasteiger partial charge in [0.25, 0.3) is 0 Å². The van der Waals surface area contributed by atoms with Gasteiger partial charge in [-0.1, -0.05) is 0 Å². The zero-order valence-corrected chi connectivity index (χ0v) is 11.4. The van der Waals surface area contributed by atoms with Gasteiger partial charge in [0.1, 0.15) is 0 Å². The van der Waals surface area contributed by atoms with Gasteiger partial charge in [0.2, 0.25) is 0 Å². The van der Waals surface area contributed by atoms with Crippen molar-refractivity contribution in [3.8, 4) is 0 Å². The van der Waals surface area contributed by atoms with Crippen molar-refractivity contribution in [1.82, 2.24) is 10.2 Å². The van der Waals surface area contributed by atoms with Crippen LogP contribution in [-0.2, 0) is 9.53 Å². The number of rotatable bonds is 9. The first-order valence-electron chi connectivity index (χ1n) is 6.26. The van der Waals surface area contributed by atoms with Crippen molar-refractivity contribution >= 4 is 12.0 Å². The molecule has 0 fully saturated rings. The van der Waals surface area contributed by atoms with Crippen molar-refractivity contribution in [2.75, 3.05) is 26.7 Å². The van der Waals surface area contributed by atoms with Crippen LogP contribution in [0.1, 0.15) is 33.1 Å². The molecule has 0 unspecified atom stereocenters. The summed E-state index contributed by atoms with van der Waals surface area (Å²) in [6.07, 6.45) is 1.52. The van der Waals surface area contributed by atoms with Crippen LogP contribution < -0.4 is 5.32 Å². The van der Waals surface area contributed by atoms with Crippen LogP contribution in [0.25, 0.3) is 0 Å². The van der Waals surface area contributed by atoms with E-state index in [1.54, 1.807) is 11.9 Å². The molecule has 0 aromatic rings. The first kappa shape index (κ1) is 16.7. The molecule has 6 nitrogen and oxygen atoms in total. The quantitative estimate of drug-likeness (QED) is 0.613. The number of carbonyl (C=O) groups is 2. The zero-order valence-electron chi connectivity index (χ0n) is 11.4. The number of ether oxygens (including phenoxy) is 1. The third-order valence-electron chi connectivity index (χ3n) is 2.28. The van der Waals surface area contributed by atoms with Gasteiger partial charge in [-0.25, -0.2) is 4.79 Å². The zero-order chi connectivity index (χ0) is 14.0. The van der Waals surface area contributed by atoms with E-state index in [0.29, 0.717) is 26.1 Å². The second-order valence-corrected chi connectivity index (χ2v) is 4.42. The molecule has 106 valence electrons. The molecule has 0 aromatic heterocycles. The standard InChI is InChI=1S/C12H24N2O4/c1-10(2)18-9-5-8-14(3)12(17)13-7-4-6-11(15)16/h10H,4-9H2,1-3H3,(H,13,17)(H,15,16). The Morgan fingerprint density at radius 2 is 2.00 bits per heavy atom. The summed E-state index contributed by atoms with van der Waals surface area (Å²) < 4.78 is 5.37. The molecule has 0 radical (unpaired) electrons. The van der Waals surface area contributed by atoms with Crippen LogP contribution in [0.2, 0.25) is 0 Å². The number of nitrogens with zero attached hydrogens (tertiary/aromatic N) is 1. The topological polar surface area (TPSA) is 78.9 Å². The SMILES string of the molecule is CC(C)OCCCN(C)C(=O)NCCCC(=O)O. The molecule has 0 saturated heterocycles. The van der Waals surface area contributed by atoms with Crippen molar-refractivity contribution in [2.45, 2.75) is 39.2 Å². The monoisotopic (exact) mass is 260 g/mol. The second-order valence-electron chi connectivity index (χ2n) is 4.42. The molecule has 0 bridgehead atoms. The van der Waals surface area contributed by atoms with Gasteiger partial charge in [0.15, 0.2) is 0 Å². The average Bonchev–Trinajstić information content (AvgIpc) is 2.29. The lowest BCUT2D eigenvalue weighted by Gasteiger charge is -2.18. The van der Waals surface area contributed by atoms with Gasteiger partial charge < -0.3 is 20.1 Å². The minimum absolute atomic E-state index is 0.0756. The summed E-state index contributed by atoms with van der Waals surface area (Å²) in [5, 5.41) is 11.1. The van der Waals surface area contributed by atoms with E-state index in [4.69, 9.17) is 9.84 Å². The fraction of sp³-hybridized carbons (Fsp3) is 0.833. The Balaban J connectivity index is 3.54. The number of carbonyl (C=O) groups excluding carboxylic acids is 1. The fourth-order valence-electron chi connectivity index (χ4n) is 1.29. The number of amides is 2. The van der Waals surface area contributed by atoms with E-state index in [1.165, 1.54) is 0 Å².